The van der Waals surface area contributed by atoms with Crippen molar-refractivity contribution in [1.29, 1.82) is 0 Å². The molecule has 5 heteroatoms. The molecule has 0 bridgehead atoms. The molecule has 0 N–H and O–H groups in total. The summed E-state index contributed by atoms with van der Waals surface area (Å²) in [5.41, 5.74) is -0.737. The first-order valence-electron chi connectivity index (χ1n) is 4.16. The molecule has 0 fully saturated rings. The first kappa shape index (κ1) is 12.2. The molecule has 1 nitrogen and oxygen atoms in total. The predicted molar refractivity (Wildman–Crippen MR) is 53.7 cm³/mol. The van der Waals surface area contributed by atoms with Gasteiger partial charge in [0.25, 0.3) is 6.43 Å². The molecule has 15 heavy (non-hydrogen) atoms. The molecule has 0 aliphatic heterocycles. The smallest absolute Gasteiger partial charge is 0.266 e. The van der Waals surface area contributed by atoms with Gasteiger partial charge < -0.3 is 0 Å². The van der Waals surface area contributed by atoms with Crippen molar-refractivity contribution in [3.63, 3.8) is 0 Å². The van der Waals surface area contributed by atoms with Crippen molar-refractivity contribution >= 4 is 21.7 Å². The highest BCUT2D eigenvalue weighted by atomic mass is 79.9. The molecule has 0 aliphatic carbocycles. The normalized spacial score (nSPS) is 12.9. The summed E-state index contributed by atoms with van der Waals surface area (Å²) in [7, 11) is 0. The zero-order valence-electron chi connectivity index (χ0n) is 7.81. The number of hydrogen-bond acceptors (Lipinski definition) is 1. The third-order valence-electron chi connectivity index (χ3n) is 1.92. The molecule has 1 aromatic rings. The van der Waals surface area contributed by atoms with E-state index in [2.05, 4.69) is 15.9 Å². The molecule has 0 saturated heterocycles. The van der Waals surface area contributed by atoms with E-state index in [-0.39, 0.29) is 11.3 Å². The summed E-state index contributed by atoms with van der Waals surface area (Å²) in [6.07, 6.45) is -2.88. The van der Waals surface area contributed by atoms with Crippen molar-refractivity contribution < 1.29 is 18.0 Å². The van der Waals surface area contributed by atoms with Crippen molar-refractivity contribution in [2.45, 2.75) is 18.2 Å². The Kier molecular flexibility index (Phi) is 3.90. The summed E-state index contributed by atoms with van der Waals surface area (Å²) in [6, 6.07) is 3.61. The number of carbonyl (C=O) groups excluding carboxylic acids is 1. The minimum absolute atomic E-state index is 0.0553. The number of alkyl halides is 3. The Balaban J connectivity index is 3.21. The largest absolute Gasteiger partial charge is 0.298 e. The molecule has 1 rings (SSSR count). The summed E-state index contributed by atoms with van der Waals surface area (Å²) in [5.74, 6) is -1.36. The minimum Gasteiger partial charge on any atom is -0.298 e. The molecule has 0 spiro atoms. The van der Waals surface area contributed by atoms with Crippen LogP contribution in [-0.4, -0.2) is 5.78 Å². The van der Waals surface area contributed by atoms with Gasteiger partial charge in [-0.05, 0) is 6.92 Å². The molecule has 1 atom stereocenters. The van der Waals surface area contributed by atoms with Gasteiger partial charge in [-0.1, -0.05) is 34.1 Å². The fraction of sp³-hybridized carbons (Fsp3) is 0.300. The van der Waals surface area contributed by atoms with E-state index < -0.39 is 22.6 Å². The maximum absolute atomic E-state index is 13.5. The van der Waals surface area contributed by atoms with Crippen LogP contribution in [0.3, 0.4) is 0 Å². The summed E-state index contributed by atoms with van der Waals surface area (Å²) in [5, 5.41) is 0. The number of hydrogen-bond donors (Lipinski definition) is 0. The van der Waals surface area contributed by atoms with Crippen LogP contribution >= 0.6 is 15.9 Å². The zero-order chi connectivity index (χ0) is 11.6. The maximum Gasteiger partial charge on any atom is 0.266 e. The zero-order valence-corrected chi connectivity index (χ0v) is 9.39. The first-order chi connectivity index (χ1) is 6.95. The number of benzene rings is 1. The molecule has 0 aromatic heterocycles. The third kappa shape index (κ3) is 2.59. The van der Waals surface area contributed by atoms with E-state index in [0.29, 0.717) is 0 Å². The molecule has 0 saturated carbocycles. The second-order valence-corrected chi connectivity index (χ2v) is 3.94. The van der Waals surface area contributed by atoms with Gasteiger partial charge in [0.2, 0.25) is 0 Å². The lowest BCUT2D eigenvalue weighted by Crippen LogP contribution is -2.05. The predicted octanol–water partition coefficient (Wildman–Crippen LogP) is 3.79. The van der Waals surface area contributed by atoms with Crippen LogP contribution in [0.2, 0.25) is 0 Å². The van der Waals surface area contributed by atoms with Gasteiger partial charge in [0.1, 0.15) is 16.4 Å². The van der Waals surface area contributed by atoms with Crippen molar-refractivity contribution in [1.82, 2.24) is 0 Å². The van der Waals surface area contributed by atoms with Crippen LogP contribution in [0.25, 0.3) is 0 Å². The monoisotopic (exact) mass is 280 g/mol. The van der Waals surface area contributed by atoms with Crippen molar-refractivity contribution in [2.24, 2.45) is 0 Å². The fourth-order valence-electron chi connectivity index (χ4n) is 1.15. The first-order valence-corrected chi connectivity index (χ1v) is 5.07. The number of rotatable bonds is 3. The molecular formula is C10H8BrF3O. The minimum atomic E-state index is -2.88. The Morgan fingerprint density at radius 3 is 2.33 bits per heavy atom. The number of halogens is 4. The number of ketones is 1. The van der Waals surface area contributed by atoms with Crippen LogP contribution in [0.15, 0.2) is 18.2 Å². The lowest BCUT2D eigenvalue weighted by molar-refractivity contribution is -0.116. The van der Waals surface area contributed by atoms with Crippen LogP contribution < -0.4 is 0 Å². The number of carbonyl (C=O) groups is 1. The summed E-state index contributed by atoms with van der Waals surface area (Å²) in [6.45, 7) is 1.26. The van der Waals surface area contributed by atoms with Crippen molar-refractivity contribution in [3.05, 3.63) is 35.1 Å². The van der Waals surface area contributed by atoms with E-state index in [1.165, 1.54) is 19.1 Å². The van der Waals surface area contributed by atoms with E-state index in [0.717, 1.165) is 6.07 Å². The second kappa shape index (κ2) is 4.79. The standard InChI is InChI=1S/C10H8BrF3O/c1-5(15)8(11)6-3-2-4-7(9(6)12)10(13)14/h2-4,8,10H,1H3. The van der Waals surface area contributed by atoms with E-state index in [1.807, 2.05) is 0 Å². The molecule has 0 heterocycles. The van der Waals surface area contributed by atoms with Crippen LogP contribution in [0.4, 0.5) is 13.2 Å². The second-order valence-electron chi connectivity index (χ2n) is 3.02. The van der Waals surface area contributed by atoms with Gasteiger partial charge in [-0.3, -0.25) is 4.79 Å². The molecule has 0 amide bonds. The lowest BCUT2D eigenvalue weighted by Gasteiger charge is -2.10. The topological polar surface area (TPSA) is 17.1 Å². The average molecular weight is 281 g/mol. The highest BCUT2D eigenvalue weighted by Gasteiger charge is 2.22. The van der Waals surface area contributed by atoms with E-state index >= 15 is 0 Å². The van der Waals surface area contributed by atoms with Crippen LogP contribution in [-0.2, 0) is 4.79 Å². The molecule has 0 aliphatic rings. The van der Waals surface area contributed by atoms with Crippen LogP contribution in [0.5, 0.6) is 0 Å². The van der Waals surface area contributed by atoms with Gasteiger partial charge in [-0.15, -0.1) is 0 Å². The molecule has 1 aromatic carbocycles. The van der Waals surface area contributed by atoms with Gasteiger partial charge >= 0.3 is 0 Å². The van der Waals surface area contributed by atoms with Crippen molar-refractivity contribution in [3.8, 4) is 0 Å². The Morgan fingerprint density at radius 2 is 1.87 bits per heavy atom. The lowest BCUT2D eigenvalue weighted by atomic mass is 10.1. The van der Waals surface area contributed by atoms with Gasteiger partial charge in [0.15, 0.2) is 0 Å². The molecule has 82 valence electrons. The van der Waals surface area contributed by atoms with Gasteiger partial charge in [0, 0.05) is 5.56 Å². The average Bonchev–Trinajstić information content (AvgIpc) is 2.16. The van der Waals surface area contributed by atoms with Crippen LogP contribution in [0, 0.1) is 5.82 Å². The Morgan fingerprint density at radius 1 is 1.33 bits per heavy atom. The highest BCUT2D eigenvalue weighted by molar-refractivity contribution is 9.09. The number of Topliss-reactive ketones (excluding diaryl/α,β-unsaturated/α-hetero) is 1. The van der Waals surface area contributed by atoms with Crippen molar-refractivity contribution in [2.75, 3.05) is 0 Å². The molecule has 0 radical (unpaired) electrons. The van der Waals surface area contributed by atoms with Gasteiger partial charge in [0.05, 0.1) is 5.56 Å². The Labute approximate surface area is 93.4 Å². The summed E-state index contributed by atoms with van der Waals surface area (Å²) in [4.78, 5) is 10.1. The van der Waals surface area contributed by atoms with E-state index in [1.54, 1.807) is 0 Å². The summed E-state index contributed by atoms with van der Waals surface area (Å²) < 4.78 is 38.1. The van der Waals surface area contributed by atoms with Gasteiger partial charge in [-0.25, -0.2) is 13.2 Å². The molecule has 1 unspecified atom stereocenters. The quantitative estimate of drug-likeness (QED) is 0.770. The fourth-order valence-corrected chi connectivity index (χ4v) is 1.51. The van der Waals surface area contributed by atoms with Gasteiger partial charge in [-0.2, -0.15) is 0 Å². The third-order valence-corrected chi connectivity index (χ3v) is 3.06. The van der Waals surface area contributed by atoms with E-state index in [4.69, 9.17) is 0 Å². The SMILES string of the molecule is CC(=O)C(Br)c1cccc(C(F)F)c1F. The Hall–Kier alpha value is -0.840. The van der Waals surface area contributed by atoms with E-state index in [9.17, 15) is 18.0 Å². The molecular weight excluding hydrogens is 273 g/mol. The maximum atomic E-state index is 13.5. The summed E-state index contributed by atoms with van der Waals surface area (Å²) >= 11 is 2.95. The Bertz CT molecular complexity index is 379. The highest BCUT2D eigenvalue weighted by Crippen LogP contribution is 2.31. The van der Waals surface area contributed by atoms with Crippen LogP contribution in [0.1, 0.15) is 29.3 Å².